The van der Waals surface area contributed by atoms with Crippen molar-refractivity contribution in [2.45, 2.75) is 38.5 Å². The van der Waals surface area contributed by atoms with E-state index in [1.165, 1.54) is 5.56 Å². The molecule has 4 rings (SSSR count). The van der Waals surface area contributed by atoms with E-state index in [1.807, 2.05) is 30.3 Å². The fraction of sp³-hybridized carbons (Fsp3) is 0.440. The van der Waals surface area contributed by atoms with Crippen molar-refractivity contribution in [2.24, 2.45) is 11.3 Å². The molecule has 0 bridgehead atoms. The number of aldehydes is 1. The third kappa shape index (κ3) is 3.81. The van der Waals surface area contributed by atoms with Crippen LogP contribution in [0, 0.1) is 11.3 Å². The van der Waals surface area contributed by atoms with Crippen molar-refractivity contribution < 1.29 is 9.59 Å². The molecular formula is C25H30N2O2. The van der Waals surface area contributed by atoms with Crippen LogP contribution in [0.2, 0.25) is 0 Å². The van der Waals surface area contributed by atoms with Gasteiger partial charge in [0.05, 0.1) is 0 Å². The summed E-state index contributed by atoms with van der Waals surface area (Å²) in [6, 6.07) is 18.3. The number of carbonyl (C=O) groups is 2. The van der Waals surface area contributed by atoms with Crippen molar-refractivity contribution in [1.29, 1.82) is 0 Å². The maximum Gasteiger partial charge on any atom is 0.223 e. The Bertz CT molecular complexity index is 867. The lowest BCUT2D eigenvalue weighted by Gasteiger charge is -2.33. The summed E-state index contributed by atoms with van der Waals surface area (Å²) in [5, 5.41) is 3.28. The molecule has 1 amide bonds. The fourth-order valence-electron chi connectivity index (χ4n) is 4.91. The Morgan fingerprint density at radius 1 is 1.07 bits per heavy atom. The summed E-state index contributed by atoms with van der Waals surface area (Å²) < 4.78 is 0. The minimum atomic E-state index is 0.0605. The molecule has 4 heteroatoms. The lowest BCUT2D eigenvalue weighted by molar-refractivity contribution is -0.125. The SMILES string of the molecule is CC1(C)C[C@]1(CNC(=O)C1CCN(c2ccc(C=O)cc2)CC1)c1ccccc1. The average Bonchev–Trinajstić information content (AvgIpc) is 3.35. The smallest absolute Gasteiger partial charge is 0.223 e. The molecule has 152 valence electrons. The predicted molar refractivity (Wildman–Crippen MR) is 116 cm³/mol. The van der Waals surface area contributed by atoms with E-state index >= 15 is 0 Å². The molecule has 2 aromatic rings. The summed E-state index contributed by atoms with van der Waals surface area (Å²) in [5.74, 6) is 0.272. The Hall–Kier alpha value is -2.62. The predicted octanol–water partition coefficient (Wildman–Crippen LogP) is 4.20. The highest BCUT2D eigenvalue weighted by atomic mass is 16.1. The van der Waals surface area contributed by atoms with Crippen LogP contribution in [-0.2, 0) is 10.2 Å². The number of anilines is 1. The summed E-state index contributed by atoms with van der Waals surface area (Å²) in [7, 11) is 0. The summed E-state index contributed by atoms with van der Waals surface area (Å²) in [6.07, 6.45) is 3.70. The van der Waals surface area contributed by atoms with Gasteiger partial charge in [0.25, 0.3) is 0 Å². The van der Waals surface area contributed by atoms with E-state index in [0.717, 1.165) is 50.9 Å². The minimum absolute atomic E-state index is 0.0605. The van der Waals surface area contributed by atoms with Gasteiger partial charge in [-0.25, -0.2) is 0 Å². The van der Waals surface area contributed by atoms with Gasteiger partial charge in [0.2, 0.25) is 5.91 Å². The molecule has 1 heterocycles. The standard InChI is InChI=1S/C25H30N2O2/c1-24(2)17-25(24,21-6-4-3-5-7-21)18-26-23(29)20-12-14-27(15-13-20)22-10-8-19(16-28)9-11-22/h3-11,16,20H,12-15,17-18H2,1-2H3,(H,26,29)/t25-/m0/s1. The Morgan fingerprint density at radius 3 is 2.24 bits per heavy atom. The zero-order valence-corrected chi connectivity index (χ0v) is 17.4. The highest BCUT2D eigenvalue weighted by Gasteiger charge is 2.61. The van der Waals surface area contributed by atoms with Gasteiger partial charge in [-0.3, -0.25) is 9.59 Å². The number of nitrogens with zero attached hydrogens (tertiary/aromatic N) is 1. The topological polar surface area (TPSA) is 49.4 Å². The first-order valence-corrected chi connectivity index (χ1v) is 10.6. The van der Waals surface area contributed by atoms with Crippen molar-refractivity contribution in [2.75, 3.05) is 24.5 Å². The van der Waals surface area contributed by atoms with Gasteiger partial charge in [-0.2, -0.15) is 0 Å². The molecule has 2 aromatic carbocycles. The third-order valence-electron chi connectivity index (χ3n) is 7.07. The molecule has 0 radical (unpaired) electrons. The van der Waals surface area contributed by atoms with Crippen LogP contribution < -0.4 is 10.2 Å². The van der Waals surface area contributed by atoms with Gasteiger partial charge >= 0.3 is 0 Å². The number of hydrogen-bond donors (Lipinski definition) is 1. The zero-order chi connectivity index (χ0) is 20.5. The molecule has 1 N–H and O–H groups in total. The quantitative estimate of drug-likeness (QED) is 0.752. The third-order valence-corrected chi connectivity index (χ3v) is 7.07. The van der Waals surface area contributed by atoms with Crippen molar-refractivity contribution in [3.05, 3.63) is 65.7 Å². The lowest BCUT2D eigenvalue weighted by atomic mass is 9.87. The summed E-state index contributed by atoms with van der Waals surface area (Å²) >= 11 is 0. The molecule has 1 aliphatic heterocycles. The van der Waals surface area contributed by atoms with Crippen LogP contribution in [0.5, 0.6) is 0 Å². The molecular weight excluding hydrogens is 360 g/mol. The minimum Gasteiger partial charge on any atom is -0.371 e. The molecule has 0 spiro atoms. The maximum absolute atomic E-state index is 12.9. The van der Waals surface area contributed by atoms with E-state index in [9.17, 15) is 9.59 Å². The molecule has 2 fully saturated rings. The van der Waals surface area contributed by atoms with Crippen molar-refractivity contribution in [3.63, 3.8) is 0 Å². The van der Waals surface area contributed by atoms with E-state index < -0.39 is 0 Å². The normalized spacial score (nSPS) is 23.4. The number of piperidine rings is 1. The van der Waals surface area contributed by atoms with Crippen molar-refractivity contribution in [1.82, 2.24) is 5.32 Å². The van der Waals surface area contributed by atoms with E-state index in [2.05, 4.69) is 48.3 Å². The Balaban J connectivity index is 1.32. The number of nitrogens with one attached hydrogen (secondary N) is 1. The van der Waals surface area contributed by atoms with E-state index in [0.29, 0.717) is 5.56 Å². The second-order valence-electron chi connectivity index (χ2n) is 9.20. The van der Waals surface area contributed by atoms with Crippen LogP contribution in [0.15, 0.2) is 54.6 Å². The van der Waals surface area contributed by atoms with Gasteiger partial charge in [0, 0.05) is 42.2 Å². The fourth-order valence-corrected chi connectivity index (χ4v) is 4.91. The van der Waals surface area contributed by atoms with Crippen LogP contribution in [0.25, 0.3) is 0 Å². The second kappa shape index (κ2) is 7.66. The largest absolute Gasteiger partial charge is 0.371 e. The van der Waals surface area contributed by atoms with Gasteiger partial charge in [-0.15, -0.1) is 0 Å². The van der Waals surface area contributed by atoms with Gasteiger partial charge in [-0.05, 0) is 54.5 Å². The van der Waals surface area contributed by atoms with Gasteiger partial charge in [0.1, 0.15) is 6.29 Å². The van der Waals surface area contributed by atoms with Gasteiger partial charge < -0.3 is 10.2 Å². The summed E-state index contributed by atoms with van der Waals surface area (Å²) in [5.41, 5.74) is 3.43. The first-order chi connectivity index (χ1) is 13.9. The van der Waals surface area contributed by atoms with Crippen LogP contribution in [0.3, 0.4) is 0 Å². The highest BCUT2D eigenvalue weighted by molar-refractivity contribution is 5.79. The van der Waals surface area contributed by atoms with Crippen LogP contribution in [0.4, 0.5) is 5.69 Å². The Labute approximate surface area is 173 Å². The number of amides is 1. The van der Waals surface area contributed by atoms with E-state index in [1.54, 1.807) is 0 Å². The van der Waals surface area contributed by atoms with Gasteiger partial charge in [-0.1, -0.05) is 44.2 Å². The average molecular weight is 391 g/mol. The first-order valence-electron chi connectivity index (χ1n) is 10.6. The first kappa shape index (κ1) is 19.7. The maximum atomic E-state index is 12.9. The van der Waals surface area contributed by atoms with Crippen LogP contribution in [0.1, 0.15) is 49.0 Å². The Kier molecular flexibility index (Phi) is 5.20. The lowest BCUT2D eigenvalue weighted by Crippen LogP contribution is -2.43. The second-order valence-corrected chi connectivity index (χ2v) is 9.20. The summed E-state index contributed by atoms with van der Waals surface area (Å²) in [4.78, 5) is 26.0. The van der Waals surface area contributed by atoms with Crippen molar-refractivity contribution in [3.8, 4) is 0 Å². The molecule has 4 nitrogen and oxygen atoms in total. The molecule has 1 saturated carbocycles. The number of carbonyl (C=O) groups excluding carboxylic acids is 2. The molecule has 29 heavy (non-hydrogen) atoms. The van der Waals surface area contributed by atoms with Crippen LogP contribution in [-0.4, -0.2) is 31.8 Å². The van der Waals surface area contributed by atoms with E-state index in [-0.39, 0.29) is 22.7 Å². The number of hydrogen-bond acceptors (Lipinski definition) is 3. The molecule has 1 saturated heterocycles. The Morgan fingerprint density at radius 2 is 1.69 bits per heavy atom. The molecule has 2 aliphatic rings. The van der Waals surface area contributed by atoms with Crippen LogP contribution >= 0.6 is 0 Å². The van der Waals surface area contributed by atoms with Crippen molar-refractivity contribution >= 4 is 17.9 Å². The monoisotopic (exact) mass is 390 g/mol. The summed E-state index contributed by atoms with van der Waals surface area (Å²) in [6.45, 7) is 7.04. The molecule has 1 aliphatic carbocycles. The van der Waals surface area contributed by atoms with Gasteiger partial charge in [0.15, 0.2) is 0 Å². The molecule has 1 atom stereocenters. The highest BCUT2D eigenvalue weighted by Crippen LogP contribution is 2.63. The molecule has 0 unspecified atom stereocenters. The number of rotatable bonds is 6. The zero-order valence-electron chi connectivity index (χ0n) is 17.4. The number of benzene rings is 2. The van der Waals surface area contributed by atoms with E-state index in [4.69, 9.17) is 0 Å². The molecule has 0 aromatic heterocycles.